The molecule has 0 fully saturated rings. The normalized spacial score (nSPS) is 12.7. The second-order valence-electron chi connectivity index (χ2n) is 4.42. The van der Waals surface area contributed by atoms with Crippen LogP contribution in [-0.2, 0) is 18.9 Å². The Balaban J connectivity index is 2.44. The first kappa shape index (κ1) is 16.5. The van der Waals surface area contributed by atoms with Gasteiger partial charge in [0, 0.05) is 6.07 Å². The van der Waals surface area contributed by atoms with Crippen LogP contribution >= 0.6 is 11.6 Å². The first-order chi connectivity index (χ1) is 9.98. The van der Waals surface area contributed by atoms with Crippen molar-refractivity contribution in [1.82, 2.24) is 9.78 Å². The molecule has 1 heterocycles. The molecule has 0 atom stereocenters. The third-order valence-electron chi connectivity index (χ3n) is 2.76. The molecule has 2 aromatic rings. The van der Waals surface area contributed by atoms with Crippen molar-refractivity contribution in [1.29, 1.82) is 0 Å². The first-order valence-electron chi connectivity index (χ1n) is 5.74. The molecular formula is C12H8ClF6N3. The predicted molar refractivity (Wildman–Crippen MR) is 67.2 cm³/mol. The van der Waals surface area contributed by atoms with Crippen LogP contribution in [0.1, 0.15) is 17.0 Å². The van der Waals surface area contributed by atoms with E-state index in [1.54, 1.807) is 0 Å². The quantitative estimate of drug-likeness (QED) is 0.656. The maximum atomic E-state index is 12.8. The molecule has 0 spiro atoms. The number of hydrogen-bond donors (Lipinski definition) is 1. The highest BCUT2D eigenvalue weighted by Crippen LogP contribution is 2.35. The molecule has 1 aromatic carbocycles. The molecule has 0 aliphatic heterocycles. The molecule has 0 aliphatic carbocycles. The van der Waals surface area contributed by atoms with Crippen molar-refractivity contribution < 1.29 is 26.3 Å². The fraction of sp³-hybridized carbons (Fsp3) is 0.250. The van der Waals surface area contributed by atoms with Crippen LogP contribution in [0.5, 0.6) is 0 Å². The zero-order chi connectivity index (χ0) is 16.7. The van der Waals surface area contributed by atoms with E-state index in [1.165, 1.54) is 18.2 Å². The van der Waals surface area contributed by atoms with Crippen molar-refractivity contribution in [2.24, 2.45) is 0 Å². The molecule has 22 heavy (non-hydrogen) atoms. The molecule has 0 bridgehead atoms. The number of alkyl halides is 6. The van der Waals surface area contributed by atoms with E-state index in [1.807, 2.05) is 0 Å². The van der Waals surface area contributed by atoms with Crippen molar-refractivity contribution in [3.63, 3.8) is 0 Å². The minimum Gasteiger partial charge on any atom is -0.398 e. The fourth-order valence-electron chi connectivity index (χ4n) is 1.75. The van der Waals surface area contributed by atoms with E-state index in [0.29, 0.717) is 0 Å². The van der Waals surface area contributed by atoms with Gasteiger partial charge in [-0.3, -0.25) is 4.68 Å². The summed E-state index contributed by atoms with van der Waals surface area (Å²) in [4.78, 5) is 0. The van der Waals surface area contributed by atoms with Gasteiger partial charge in [-0.25, -0.2) is 0 Å². The van der Waals surface area contributed by atoms with Crippen LogP contribution < -0.4 is 5.73 Å². The molecule has 3 nitrogen and oxygen atoms in total. The summed E-state index contributed by atoms with van der Waals surface area (Å²) < 4.78 is 76.3. The van der Waals surface area contributed by atoms with E-state index in [2.05, 4.69) is 5.10 Å². The van der Waals surface area contributed by atoms with Gasteiger partial charge in [-0.15, -0.1) is 0 Å². The van der Waals surface area contributed by atoms with Crippen LogP contribution in [-0.4, -0.2) is 9.78 Å². The van der Waals surface area contributed by atoms with E-state index in [-0.39, 0.29) is 27.0 Å². The van der Waals surface area contributed by atoms with Gasteiger partial charge in [0.1, 0.15) is 5.69 Å². The molecule has 2 rings (SSSR count). The SMILES string of the molecule is Nc1ccc(Cn2nc(C(F)(F)F)cc2C(F)(F)F)cc1Cl. The van der Waals surface area contributed by atoms with Gasteiger partial charge >= 0.3 is 12.4 Å². The molecule has 0 saturated carbocycles. The molecule has 0 amide bonds. The first-order valence-corrected chi connectivity index (χ1v) is 6.12. The van der Waals surface area contributed by atoms with Gasteiger partial charge in [0.05, 0.1) is 17.3 Å². The summed E-state index contributed by atoms with van der Waals surface area (Å²) in [5.74, 6) is 0. The van der Waals surface area contributed by atoms with Gasteiger partial charge in [0.25, 0.3) is 0 Å². The smallest absolute Gasteiger partial charge is 0.398 e. The number of rotatable bonds is 2. The van der Waals surface area contributed by atoms with Crippen LogP contribution in [0, 0.1) is 0 Å². The predicted octanol–water partition coefficient (Wildman–Crippen LogP) is 4.20. The topological polar surface area (TPSA) is 43.8 Å². The maximum Gasteiger partial charge on any atom is 0.435 e. The molecule has 2 N–H and O–H groups in total. The van der Waals surface area contributed by atoms with Gasteiger partial charge in [-0.05, 0) is 17.7 Å². The highest BCUT2D eigenvalue weighted by atomic mass is 35.5. The Morgan fingerprint density at radius 3 is 2.18 bits per heavy atom. The van der Waals surface area contributed by atoms with Crippen LogP contribution in [0.25, 0.3) is 0 Å². The highest BCUT2D eigenvalue weighted by molar-refractivity contribution is 6.33. The lowest BCUT2D eigenvalue weighted by Crippen LogP contribution is -2.15. The second-order valence-corrected chi connectivity index (χ2v) is 4.83. The van der Waals surface area contributed by atoms with Crippen LogP contribution in [0.2, 0.25) is 5.02 Å². The van der Waals surface area contributed by atoms with Gasteiger partial charge in [0.2, 0.25) is 0 Å². The molecule has 10 heteroatoms. The van der Waals surface area contributed by atoms with E-state index >= 15 is 0 Å². The van der Waals surface area contributed by atoms with Gasteiger partial charge in [-0.2, -0.15) is 31.4 Å². The number of benzene rings is 1. The second kappa shape index (κ2) is 5.38. The lowest BCUT2D eigenvalue weighted by atomic mass is 10.2. The summed E-state index contributed by atoms with van der Waals surface area (Å²) in [5.41, 5.74) is 2.80. The fourth-order valence-corrected chi connectivity index (χ4v) is 1.95. The Bertz CT molecular complexity index is 689. The summed E-state index contributed by atoms with van der Waals surface area (Å²) in [6, 6.07) is 3.94. The molecule has 0 saturated heterocycles. The Hall–Kier alpha value is -1.90. The Kier molecular flexibility index (Phi) is 4.03. The molecule has 0 aliphatic rings. The lowest BCUT2D eigenvalue weighted by molar-refractivity contribution is -0.144. The van der Waals surface area contributed by atoms with Crippen molar-refractivity contribution in [2.45, 2.75) is 18.9 Å². The zero-order valence-electron chi connectivity index (χ0n) is 10.6. The summed E-state index contributed by atoms with van der Waals surface area (Å²) >= 11 is 5.73. The summed E-state index contributed by atoms with van der Waals surface area (Å²) in [6.45, 7) is -0.523. The third-order valence-corrected chi connectivity index (χ3v) is 3.09. The minimum absolute atomic E-state index is 0.0289. The maximum absolute atomic E-state index is 12.8. The van der Waals surface area contributed by atoms with Crippen molar-refractivity contribution in [2.75, 3.05) is 5.73 Å². The number of halogens is 7. The number of aromatic nitrogens is 2. The zero-order valence-corrected chi connectivity index (χ0v) is 11.4. The minimum atomic E-state index is -4.97. The Labute approximate surface area is 125 Å². The molecule has 1 aromatic heterocycles. The Morgan fingerprint density at radius 1 is 1.05 bits per heavy atom. The number of hydrogen-bond acceptors (Lipinski definition) is 2. The van der Waals surface area contributed by atoms with Gasteiger partial charge < -0.3 is 5.73 Å². The standard InChI is InChI=1S/C12H8ClF6N3/c13-7-3-6(1-2-8(7)20)5-22-10(12(17,18)19)4-9(21-22)11(14,15)16/h1-4H,5,20H2. The van der Waals surface area contributed by atoms with Crippen molar-refractivity contribution in [3.05, 3.63) is 46.2 Å². The van der Waals surface area contributed by atoms with Gasteiger partial charge in [0.15, 0.2) is 5.69 Å². The largest absolute Gasteiger partial charge is 0.435 e. The summed E-state index contributed by atoms with van der Waals surface area (Å²) in [5, 5.41) is 3.08. The van der Waals surface area contributed by atoms with Crippen LogP contribution in [0.15, 0.2) is 24.3 Å². The average molecular weight is 344 g/mol. The molecule has 0 radical (unpaired) electrons. The van der Waals surface area contributed by atoms with Crippen molar-refractivity contribution in [3.8, 4) is 0 Å². The lowest BCUT2D eigenvalue weighted by Gasteiger charge is -2.10. The molecule has 0 unspecified atom stereocenters. The van der Waals surface area contributed by atoms with E-state index in [4.69, 9.17) is 17.3 Å². The van der Waals surface area contributed by atoms with Crippen LogP contribution in [0.3, 0.4) is 0 Å². The van der Waals surface area contributed by atoms with E-state index < -0.39 is 30.3 Å². The van der Waals surface area contributed by atoms with Crippen LogP contribution in [0.4, 0.5) is 32.0 Å². The number of anilines is 1. The number of nitrogens with zero attached hydrogens (tertiary/aromatic N) is 2. The third kappa shape index (κ3) is 3.46. The molecular weight excluding hydrogens is 336 g/mol. The summed E-state index contributed by atoms with van der Waals surface area (Å²) in [7, 11) is 0. The number of nitrogen functional groups attached to an aromatic ring is 1. The van der Waals surface area contributed by atoms with Crippen molar-refractivity contribution >= 4 is 17.3 Å². The number of nitrogens with two attached hydrogens (primary N) is 1. The average Bonchev–Trinajstić information content (AvgIpc) is 2.77. The van der Waals surface area contributed by atoms with E-state index in [0.717, 1.165) is 0 Å². The highest BCUT2D eigenvalue weighted by Gasteiger charge is 2.41. The van der Waals surface area contributed by atoms with Gasteiger partial charge in [-0.1, -0.05) is 17.7 Å². The monoisotopic (exact) mass is 343 g/mol. The molecule has 120 valence electrons. The summed E-state index contributed by atoms with van der Waals surface area (Å²) in [6.07, 6.45) is -9.93. The van der Waals surface area contributed by atoms with E-state index in [9.17, 15) is 26.3 Å². The Morgan fingerprint density at radius 2 is 1.68 bits per heavy atom.